The molecule has 21 aliphatic rings. The number of nitrogens with zero attached hydrogens (tertiary/aromatic N) is 16. The van der Waals surface area contributed by atoms with E-state index >= 15 is 0 Å². The van der Waals surface area contributed by atoms with Crippen LogP contribution in [0.1, 0.15) is 20.8 Å². The Morgan fingerprint density at radius 1 is 0.219 bits per heavy atom. The first kappa shape index (κ1) is 93.3. The number of hydrogen-bond acceptors (Lipinski definition) is 40. The maximum absolute atomic E-state index is 7.45. The fraction of sp³-hybridized carbons (Fsp3) is 0.667. The Labute approximate surface area is 738 Å². The van der Waals surface area contributed by atoms with E-state index in [0.29, 0.717) is 45.6 Å². The summed E-state index contributed by atoms with van der Waals surface area (Å²) >= 11 is 0. The highest BCUT2D eigenvalue weighted by Crippen LogP contribution is 2.44. The van der Waals surface area contributed by atoms with E-state index in [1.807, 2.05) is 93.6 Å². The van der Waals surface area contributed by atoms with Gasteiger partial charge in [-0.25, -0.2) is 18.7 Å². The molecule has 21 fully saturated rings. The summed E-state index contributed by atoms with van der Waals surface area (Å²) in [6.45, 7) is 5.32. The van der Waals surface area contributed by atoms with Gasteiger partial charge in [0.25, 0.3) is 0 Å². The monoisotopic (exact) mass is 1790 g/mol. The van der Waals surface area contributed by atoms with E-state index in [2.05, 4.69) is 61.2 Å². The van der Waals surface area contributed by atoms with Crippen molar-refractivity contribution in [3.63, 3.8) is 0 Å². The minimum atomic E-state index is -1.36. The molecule has 21 aliphatic heterocycles. The molecule has 0 spiro atoms. The van der Waals surface area contributed by atoms with Gasteiger partial charge in [0.05, 0.1) is 92.1 Å². The predicted molar refractivity (Wildman–Crippen MR) is 436 cm³/mol. The lowest BCUT2D eigenvalue weighted by molar-refractivity contribution is -0.399. The quantitative estimate of drug-likeness (QED) is 0.0751. The van der Waals surface area contributed by atoms with Gasteiger partial charge in [0, 0.05) is 124 Å². The summed E-state index contributed by atoms with van der Waals surface area (Å²) in [5.74, 6) is 0. The van der Waals surface area contributed by atoms with Gasteiger partial charge in [-0.05, 0) is 69.3 Å². The van der Waals surface area contributed by atoms with Gasteiger partial charge in [0.1, 0.15) is 175 Å². The number of hydrogen-bond donors (Lipinski definition) is 0. The second kappa shape index (κ2) is 42.7. The molecule has 29 heterocycles. The summed E-state index contributed by atoms with van der Waals surface area (Å²) in [4.78, 5) is 18.2. The van der Waals surface area contributed by atoms with Crippen molar-refractivity contribution in [1.29, 1.82) is 0 Å². The highest BCUT2D eigenvalue weighted by atomic mass is 16.8. The van der Waals surface area contributed by atoms with Crippen LogP contribution in [0, 0.1) is 0 Å². The van der Waals surface area contributed by atoms with Crippen molar-refractivity contribution in [3.8, 4) is 45.6 Å². The van der Waals surface area contributed by atoms with Crippen LogP contribution in [-0.2, 0) is 159 Å². The Morgan fingerprint density at radius 2 is 0.398 bits per heavy atom. The van der Waals surface area contributed by atoms with Gasteiger partial charge in [0.15, 0.2) is 44.0 Å². The van der Waals surface area contributed by atoms with E-state index in [1.165, 1.54) is 99.5 Å². The van der Waals surface area contributed by atoms with E-state index in [9.17, 15) is 0 Å². The number of ether oxygens (including phenoxy) is 28. The zero-order valence-corrected chi connectivity index (χ0v) is 74.2. The fourth-order valence-corrected chi connectivity index (χ4v) is 18.5. The van der Waals surface area contributed by atoms with E-state index < -0.39 is 215 Å². The third-order valence-electron chi connectivity index (χ3n) is 24.7. The Hall–Kier alpha value is -7.96. The second-order valence-electron chi connectivity index (χ2n) is 32.0. The largest absolute Gasteiger partial charge is 0.376 e. The Kier molecular flexibility index (Phi) is 31.1. The normalized spacial score (nSPS) is 37.9. The van der Waals surface area contributed by atoms with E-state index in [4.69, 9.17) is 133 Å². The van der Waals surface area contributed by atoms with Crippen LogP contribution >= 0.6 is 0 Å². The van der Waals surface area contributed by atoms with Crippen LogP contribution in [0.3, 0.4) is 0 Å². The van der Waals surface area contributed by atoms with E-state index in [-0.39, 0.29) is 26.2 Å². The first-order chi connectivity index (χ1) is 62.5. The van der Waals surface area contributed by atoms with Crippen LogP contribution in [-0.4, -0.2) is 394 Å². The Balaban J connectivity index is 0.798. The van der Waals surface area contributed by atoms with E-state index in [0.717, 1.165) is 0 Å². The van der Waals surface area contributed by atoms with Gasteiger partial charge in [-0.1, -0.05) is 45.1 Å². The van der Waals surface area contributed by atoms with Crippen molar-refractivity contribution < 1.29 is 133 Å². The zero-order valence-electron chi connectivity index (χ0n) is 74.2. The molecule has 0 saturated carbocycles. The van der Waals surface area contributed by atoms with Crippen molar-refractivity contribution in [2.24, 2.45) is 0 Å². The van der Waals surface area contributed by atoms with Crippen LogP contribution in [0.25, 0.3) is 45.6 Å². The molecule has 698 valence electrons. The molecule has 0 radical (unpaired) electrons. The molecule has 29 rings (SSSR count). The number of aromatic nitrogens is 16. The van der Waals surface area contributed by atoms with Crippen LogP contribution in [0.5, 0.6) is 0 Å². The van der Waals surface area contributed by atoms with Crippen LogP contribution in [0.2, 0.25) is 0 Å². The molecule has 8 aromatic heterocycles. The zero-order chi connectivity index (χ0) is 89.4. The lowest BCUT2D eigenvalue weighted by atomic mass is 9.94. The van der Waals surface area contributed by atoms with Crippen molar-refractivity contribution in [3.05, 3.63) is 122 Å². The lowest BCUT2D eigenvalue weighted by Crippen LogP contribution is -2.69. The van der Waals surface area contributed by atoms with Gasteiger partial charge >= 0.3 is 0 Å². The number of rotatable bonds is 26. The standard InChI is InChI=1S/C84H114N16O28/c1-42-57-64(101-4)71(108-11)78(115-42)125-60-53(38-97-34-49(89-93-97)45-26-18-22-30-85-45)119-82(75(112-15)67(60)104-7)123-58-43(2)117-80(73(110-13)65(58)102-5)127-62-55(40-99-36-51(91-95-99)47-28-20-24-32-87-47)121-84(77(114-17)69(62)106-9)128-63-56(41-100-37-52(92-96-100)48-29-21-25-33-88-48)120-83(76(113-16)70(63)107-10)124-59-44(3)116-79(72(109-12)66(59)103-6)126-61-54(118-81(122-57)74(111-14)68(61)105-8)39-98-35-50(90-94-98)46-27-19-23-31-86-46/h18-37,42-44,53-84H,38-41H2,1-17H3/t42-,43-,44-,53-,54-,55-,56-,57-,58-,59-,60-,61-,62-,63-,64+,65+,66+,67+,68+,69+,70+,71-,72-,73-,74-,75-,76-,77-,78-,79-,80-,81-,82-,83-,84-/m1/s1. The summed E-state index contributed by atoms with van der Waals surface area (Å²) in [5, 5.41) is 36.5. The summed E-state index contributed by atoms with van der Waals surface area (Å²) in [6.07, 6.45) is -24.4. The minimum Gasteiger partial charge on any atom is -0.376 e. The van der Waals surface area contributed by atoms with Crippen molar-refractivity contribution in [2.45, 2.75) is 262 Å². The minimum absolute atomic E-state index is 0.0180. The molecule has 14 bridgehead atoms. The van der Waals surface area contributed by atoms with Gasteiger partial charge in [-0.2, -0.15) is 0 Å². The molecule has 44 heteroatoms. The number of methoxy groups -OCH3 is 14. The van der Waals surface area contributed by atoms with E-state index in [1.54, 1.807) is 68.3 Å². The molecule has 0 unspecified atom stereocenters. The predicted octanol–water partition coefficient (Wildman–Crippen LogP) is 2.46. The topological polar surface area (TPSA) is 433 Å². The highest BCUT2D eigenvalue weighted by Gasteiger charge is 2.62. The van der Waals surface area contributed by atoms with Crippen molar-refractivity contribution >= 4 is 0 Å². The molecule has 35 atom stereocenters. The maximum atomic E-state index is 7.45. The fourth-order valence-electron chi connectivity index (χ4n) is 18.5. The van der Waals surface area contributed by atoms with Crippen LogP contribution < -0.4 is 0 Å². The molecule has 0 amide bonds. The average molecular weight is 1800 g/mol. The summed E-state index contributed by atoms with van der Waals surface area (Å²) in [6, 6.07) is 22.0. The molecule has 21 saturated heterocycles. The Bertz CT molecular complexity index is 4530. The number of pyridine rings is 4. The first-order valence-corrected chi connectivity index (χ1v) is 42.3. The van der Waals surface area contributed by atoms with Crippen LogP contribution in [0.15, 0.2) is 122 Å². The maximum Gasteiger partial charge on any atom is 0.187 e. The molecular formula is C84H114N16O28. The molecule has 0 N–H and O–H groups in total. The smallest absolute Gasteiger partial charge is 0.187 e. The highest BCUT2D eigenvalue weighted by molar-refractivity contribution is 5.53. The Morgan fingerprint density at radius 3 is 0.578 bits per heavy atom. The molecule has 128 heavy (non-hydrogen) atoms. The first-order valence-electron chi connectivity index (χ1n) is 42.3. The average Bonchev–Trinajstić information content (AvgIpc) is 0.962. The van der Waals surface area contributed by atoms with Gasteiger partial charge in [0.2, 0.25) is 0 Å². The molecular weight excluding hydrogens is 1680 g/mol. The molecule has 0 aliphatic carbocycles. The third-order valence-corrected chi connectivity index (χ3v) is 24.7. The van der Waals surface area contributed by atoms with Crippen LogP contribution in [0.4, 0.5) is 0 Å². The summed E-state index contributed by atoms with van der Waals surface area (Å²) in [7, 11) is 21.3. The third kappa shape index (κ3) is 19.5. The van der Waals surface area contributed by atoms with Gasteiger partial charge in [-0.15, -0.1) is 20.4 Å². The SMILES string of the molecule is CO[C@@H]1[C@@H](OC)[C@H]2O[C@H]3[C@H](OC)[C@@H](OC)[C@@H](O[C@H]4[C@H](OC)[C@@H](OC)[C@@H](O[C@H]5[C@H](OC)[C@@H](OC)[C@@H](O[C@H]6[C@H](OC)[C@@H](OC)[C@@H](O[C@H]7[C@H](OC)[C@@H](OC)[C@@H](O[C@H]8[C@H](OC)[C@@H](OC)[C@@H](O[C@@H]1[C@@H](C)O2)O[C@@H]8Cn1cc(-c2ccccn2)nn1)O[C@@H]7C)O[C@@H]6Cn1cc(-c2ccccn2)nn1)O[C@@H]5Cn1cc(-c2ccccn2)nn1)O[C@@H]4C)O[C@@H]3Cn1cc(-c2ccccn2)nn1. The van der Waals surface area contributed by atoms with Crippen molar-refractivity contribution in [1.82, 2.24) is 79.9 Å². The molecule has 8 aromatic rings. The van der Waals surface area contributed by atoms with Crippen molar-refractivity contribution in [2.75, 3.05) is 99.5 Å². The summed E-state index contributed by atoms with van der Waals surface area (Å²) in [5.41, 5.74) is 4.22. The molecule has 44 nitrogen and oxygen atoms in total. The summed E-state index contributed by atoms with van der Waals surface area (Å²) < 4.78 is 199. The second-order valence-corrected chi connectivity index (χ2v) is 32.0. The molecule has 0 aromatic carbocycles. The van der Waals surface area contributed by atoms with Gasteiger partial charge < -0.3 is 133 Å². The van der Waals surface area contributed by atoms with Gasteiger partial charge in [-0.3, -0.25) is 19.9 Å². The lowest BCUT2D eigenvalue weighted by Gasteiger charge is -2.52.